The Hall–Kier alpha value is -3.26. The maximum Gasteiger partial charge on any atom is 0.163 e. The first-order valence-electron chi connectivity index (χ1n) is 8.19. The van der Waals surface area contributed by atoms with Crippen LogP contribution < -0.4 is 19.9 Å². The van der Waals surface area contributed by atoms with Gasteiger partial charge < -0.3 is 19.9 Å². The first kappa shape index (κ1) is 17.2. The van der Waals surface area contributed by atoms with Crippen LogP contribution in [0.25, 0.3) is 16.0 Å². The van der Waals surface area contributed by atoms with Crippen LogP contribution in [0.5, 0.6) is 17.2 Å². The monoisotopic (exact) mass is 382 g/mol. The number of thiophene rings is 1. The summed E-state index contributed by atoms with van der Waals surface area (Å²) in [6.07, 6.45) is 3.45. The summed E-state index contributed by atoms with van der Waals surface area (Å²) in [4.78, 5) is 8.45. The number of rotatable bonds is 6. The van der Waals surface area contributed by atoms with Crippen molar-refractivity contribution in [3.8, 4) is 22.2 Å². The third kappa shape index (κ3) is 3.39. The number of imidazole rings is 1. The van der Waals surface area contributed by atoms with Crippen LogP contribution in [-0.4, -0.2) is 28.8 Å². The zero-order valence-electron chi connectivity index (χ0n) is 14.9. The Morgan fingerprint density at radius 3 is 2.67 bits per heavy atom. The lowest BCUT2D eigenvalue weighted by Gasteiger charge is -2.08. The fourth-order valence-electron chi connectivity index (χ4n) is 2.77. The molecule has 7 nitrogen and oxygen atoms in total. The molecular weight excluding hydrogens is 364 g/mol. The van der Waals surface area contributed by atoms with E-state index in [1.54, 1.807) is 44.1 Å². The van der Waals surface area contributed by atoms with Gasteiger partial charge in [0.2, 0.25) is 0 Å². The molecule has 0 fully saturated rings. The Morgan fingerprint density at radius 2 is 1.89 bits per heavy atom. The molecular formula is C19H18N4O3S. The van der Waals surface area contributed by atoms with Crippen molar-refractivity contribution in [1.82, 2.24) is 14.5 Å². The summed E-state index contributed by atoms with van der Waals surface area (Å²) in [6.45, 7) is 0.429. The molecule has 3 heterocycles. The summed E-state index contributed by atoms with van der Waals surface area (Å²) in [5, 5.41) is 2.96. The van der Waals surface area contributed by atoms with Crippen molar-refractivity contribution in [2.45, 2.75) is 6.61 Å². The number of pyridine rings is 1. The summed E-state index contributed by atoms with van der Waals surface area (Å²) >= 11 is 1.57. The minimum Gasteiger partial charge on any atom is -0.493 e. The third-order valence-electron chi connectivity index (χ3n) is 4.10. The molecule has 0 saturated heterocycles. The standard InChI is InChI=1S/C19H18N4O3S/c1-24-16-7-14-15(8-17(16)25-2)23(11-22-14)19-6-13(10-27-19)26-9-12-3-4-21-18(20)5-12/h3-8,10-11H,9H2,1-2H3,(H2,20,21). The molecule has 138 valence electrons. The minimum absolute atomic E-state index is 0.429. The van der Waals surface area contributed by atoms with Crippen molar-refractivity contribution >= 4 is 28.2 Å². The zero-order valence-corrected chi connectivity index (χ0v) is 15.7. The summed E-state index contributed by atoms with van der Waals surface area (Å²) in [6, 6.07) is 9.45. The Morgan fingerprint density at radius 1 is 1.07 bits per heavy atom. The molecule has 8 heteroatoms. The van der Waals surface area contributed by atoms with Crippen LogP contribution in [0.1, 0.15) is 5.56 Å². The first-order valence-corrected chi connectivity index (χ1v) is 9.07. The number of fused-ring (bicyclic) bond motifs is 1. The fraction of sp³-hybridized carbons (Fsp3) is 0.158. The van der Waals surface area contributed by atoms with Crippen LogP contribution in [0.3, 0.4) is 0 Å². The average Bonchev–Trinajstić information content (AvgIpc) is 3.31. The molecule has 2 N–H and O–H groups in total. The molecule has 0 aliphatic heterocycles. The van der Waals surface area contributed by atoms with Gasteiger partial charge in [-0.25, -0.2) is 9.97 Å². The Balaban J connectivity index is 1.59. The molecule has 4 rings (SSSR count). The van der Waals surface area contributed by atoms with Gasteiger partial charge in [0.25, 0.3) is 0 Å². The maximum absolute atomic E-state index is 5.87. The topological polar surface area (TPSA) is 84.4 Å². The van der Waals surface area contributed by atoms with Crippen molar-refractivity contribution in [2.75, 3.05) is 20.0 Å². The van der Waals surface area contributed by atoms with Gasteiger partial charge in [-0.1, -0.05) is 0 Å². The first-order chi connectivity index (χ1) is 13.2. The van der Waals surface area contributed by atoms with Crippen molar-refractivity contribution < 1.29 is 14.2 Å². The number of hydrogen-bond donors (Lipinski definition) is 1. The van der Waals surface area contributed by atoms with Crippen LogP contribution in [0, 0.1) is 0 Å². The van der Waals surface area contributed by atoms with Gasteiger partial charge in [0.05, 0.1) is 25.3 Å². The highest BCUT2D eigenvalue weighted by Crippen LogP contribution is 2.34. The Bertz CT molecular complexity index is 1090. The number of ether oxygens (including phenoxy) is 3. The number of benzene rings is 1. The molecule has 4 aromatic rings. The van der Waals surface area contributed by atoms with Gasteiger partial charge in [0.1, 0.15) is 29.5 Å². The predicted octanol–water partition coefficient (Wildman–Crippen LogP) is 3.66. The fourth-order valence-corrected chi connectivity index (χ4v) is 3.59. The number of aromatic nitrogens is 3. The summed E-state index contributed by atoms with van der Waals surface area (Å²) < 4.78 is 18.6. The van der Waals surface area contributed by atoms with Gasteiger partial charge in [-0.05, 0) is 17.7 Å². The van der Waals surface area contributed by atoms with E-state index in [9.17, 15) is 0 Å². The number of nitrogens with two attached hydrogens (primary N) is 1. The quantitative estimate of drug-likeness (QED) is 0.548. The van der Waals surface area contributed by atoms with E-state index in [4.69, 9.17) is 19.9 Å². The lowest BCUT2D eigenvalue weighted by atomic mass is 10.2. The molecule has 0 radical (unpaired) electrons. The van der Waals surface area contributed by atoms with E-state index in [1.807, 2.05) is 34.2 Å². The van der Waals surface area contributed by atoms with Gasteiger partial charge in [0.15, 0.2) is 11.5 Å². The van der Waals surface area contributed by atoms with E-state index in [0.717, 1.165) is 27.3 Å². The molecule has 0 unspecified atom stereocenters. The highest BCUT2D eigenvalue weighted by molar-refractivity contribution is 7.12. The molecule has 0 amide bonds. The average molecular weight is 382 g/mol. The van der Waals surface area contributed by atoms with Crippen molar-refractivity contribution in [3.05, 3.63) is 53.8 Å². The lowest BCUT2D eigenvalue weighted by Crippen LogP contribution is -1.97. The SMILES string of the molecule is COc1cc2ncn(-c3cc(OCc4ccnc(N)c4)cs3)c2cc1OC. The van der Waals surface area contributed by atoms with Crippen molar-refractivity contribution in [2.24, 2.45) is 0 Å². The van der Waals surface area contributed by atoms with E-state index in [0.29, 0.717) is 23.9 Å². The van der Waals surface area contributed by atoms with E-state index in [1.165, 1.54) is 0 Å². The lowest BCUT2D eigenvalue weighted by molar-refractivity contribution is 0.307. The second-order valence-corrected chi connectivity index (χ2v) is 6.70. The summed E-state index contributed by atoms with van der Waals surface area (Å²) in [7, 11) is 3.23. The molecule has 0 atom stereocenters. The minimum atomic E-state index is 0.429. The summed E-state index contributed by atoms with van der Waals surface area (Å²) in [5.74, 6) is 2.58. The highest BCUT2D eigenvalue weighted by atomic mass is 32.1. The highest BCUT2D eigenvalue weighted by Gasteiger charge is 2.13. The smallest absolute Gasteiger partial charge is 0.163 e. The second-order valence-electron chi connectivity index (χ2n) is 5.81. The molecule has 3 aromatic heterocycles. The molecule has 0 bridgehead atoms. The van der Waals surface area contributed by atoms with Crippen LogP contribution in [0.15, 0.2) is 48.2 Å². The second kappa shape index (κ2) is 7.16. The number of methoxy groups -OCH3 is 2. The van der Waals surface area contributed by atoms with Crippen molar-refractivity contribution in [3.63, 3.8) is 0 Å². The summed E-state index contributed by atoms with van der Waals surface area (Å²) in [5.41, 5.74) is 8.43. The van der Waals surface area contributed by atoms with Crippen LogP contribution in [0.2, 0.25) is 0 Å². The molecule has 1 aromatic carbocycles. The van der Waals surface area contributed by atoms with E-state index in [-0.39, 0.29) is 0 Å². The largest absolute Gasteiger partial charge is 0.493 e. The Kier molecular flexibility index (Phi) is 4.55. The van der Waals surface area contributed by atoms with Gasteiger partial charge >= 0.3 is 0 Å². The molecule has 0 aliphatic carbocycles. The van der Waals surface area contributed by atoms with E-state index in [2.05, 4.69) is 9.97 Å². The normalized spacial score (nSPS) is 10.9. The Labute approximate surface area is 160 Å². The van der Waals surface area contributed by atoms with E-state index < -0.39 is 0 Å². The van der Waals surface area contributed by atoms with E-state index >= 15 is 0 Å². The zero-order chi connectivity index (χ0) is 18.8. The molecule has 0 aliphatic rings. The number of hydrogen-bond acceptors (Lipinski definition) is 7. The predicted molar refractivity (Wildman–Crippen MR) is 105 cm³/mol. The van der Waals surface area contributed by atoms with Crippen LogP contribution in [0.4, 0.5) is 5.82 Å². The van der Waals surface area contributed by atoms with Gasteiger partial charge in [-0.2, -0.15) is 0 Å². The van der Waals surface area contributed by atoms with Crippen molar-refractivity contribution in [1.29, 1.82) is 0 Å². The number of nitrogens with zero attached hydrogens (tertiary/aromatic N) is 3. The molecule has 0 spiro atoms. The number of nitrogen functional groups attached to an aromatic ring is 1. The molecule has 0 saturated carbocycles. The number of anilines is 1. The van der Waals surface area contributed by atoms with Gasteiger partial charge in [0, 0.05) is 29.8 Å². The molecule has 27 heavy (non-hydrogen) atoms. The third-order valence-corrected chi connectivity index (χ3v) is 5.01. The van der Waals surface area contributed by atoms with Crippen LogP contribution in [-0.2, 0) is 6.61 Å². The maximum atomic E-state index is 5.87. The van der Waals surface area contributed by atoms with Gasteiger partial charge in [-0.15, -0.1) is 11.3 Å². The van der Waals surface area contributed by atoms with Crippen LogP contribution >= 0.6 is 11.3 Å². The van der Waals surface area contributed by atoms with Gasteiger partial charge in [-0.3, -0.25) is 4.57 Å².